The van der Waals surface area contributed by atoms with Crippen LogP contribution >= 0.6 is 0 Å². The van der Waals surface area contributed by atoms with E-state index in [-0.39, 0.29) is 0 Å². The molecular formula is C11H8. The normalized spacial score (nSPS) is 12.7. The molecule has 2 rings (SSSR count). The van der Waals surface area contributed by atoms with Crippen LogP contribution in [0.15, 0.2) is 42.1 Å². The number of hydrogen-bond donors (Lipinski definition) is 0. The van der Waals surface area contributed by atoms with Crippen LogP contribution in [0.25, 0.3) is 12.2 Å². The van der Waals surface area contributed by atoms with E-state index in [0.29, 0.717) is 0 Å². The van der Waals surface area contributed by atoms with E-state index >= 15 is 0 Å². The van der Waals surface area contributed by atoms with Gasteiger partial charge in [0.15, 0.2) is 0 Å². The zero-order chi connectivity index (χ0) is 7.52. The third-order valence-corrected chi connectivity index (χ3v) is 1.70. The third-order valence-electron chi connectivity index (χ3n) is 1.70. The van der Waals surface area contributed by atoms with Gasteiger partial charge in [-0.2, -0.15) is 0 Å². The summed E-state index contributed by atoms with van der Waals surface area (Å²) in [6.45, 7) is 0. The summed E-state index contributed by atoms with van der Waals surface area (Å²) in [5.41, 5.74) is 5.56. The van der Waals surface area contributed by atoms with Gasteiger partial charge in [-0.1, -0.05) is 36.4 Å². The first kappa shape index (κ1) is 6.21. The summed E-state index contributed by atoms with van der Waals surface area (Å²) in [7, 11) is 0. The maximum Gasteiger partial charge on any atom is -0.0107 e. The van der Waals surface area contributed by atoms with Crippen molar-refractivity contribution in [1.29, 1.82) is 0 Å². The van der Waals surface area contributed by atoms with Crippen LogP contribution in [0.1, 0.15) is 11.1 Å². The van der Waals surface area contributed by atoms with E-state index in [9.17, 15) is 0 Å². The molecule has 0 unspecified atom stereocenters. The minimum Gasteiger partial charge on any atom is -0.120 e. The maximum atomic E-state index is 3.07. The van der Waals surface area contributed by atoms with Crippen molar-refractivity contribution in [2.45, 2.75) is 0 Å². The predicted octanol–water partition coefficient (Wildman–Crippen LogP) is 2.88. The lowest BCUT2D eigenvalue weighted by molar-refractivity contribution is 1.62. The summed E-state index contributed by atoms with van der Waals surface area (Å²) in [5, 5.41) is 0. The van der Waals surface area contributed by atoms with Crippen LogP contribution in [0.2, 0.25) is 0 Å². The average Bonchev–Trinajstić information content (AvgIpc) is 2.28. The number of allylic oxidation sites excluding steroid dienone is 2. The van der Waals surface area contributed by atoms with Crippen molar-refractivity contribution in [2.75, 3.05) is 0 Å². The summed E-state index contributed by atoms with van der Waals surface area (Å²) in [6.07, 6.45) is 8.00. The first-order chi connectivity index (χ1) is 5.47. The van der Waals surface area contributed by atoms with E-state index in [1.165, 1.54) is 11.1 Å². The van der Waals surface area contributed by atoms with E-state index in [1.807, 2.05) is 30.4 Å². The molecule has 0 nitrogen and oxygen atoms in total. The highest BCUT2D eigenvalue weighted by molar-refractivity contribution is 5.67. The molecule has 1 aromatic carbocycles. The van der Waals surface area contributed by atoms with Gasteiger partial charge < -0.3 is 0 Å². The SMILES string of the molecule is C1=CC=Cc2ccccc2C=1. The molecule has 0 fully saturated rings. The van der Waals surface area contributed by atoms with Crippen LogP contribution in [0.3, 0.4) is 0 Å². The Hall–Kier alpha value is -1.52. The topological polar surface area (TPSA) is 0 Å². The molecule has 11 heavy (non-hydrogen) atoms. The number of benzene rings is 1. The molecule has 0 atom stereocenters. The lowest BCUT2D eigenvalue weighted by Crippen LogP contribution is -1.76. The molecule has 0 N–H and O–H groups in total. The summed E-state index contributed by atoms with van der Waals surface area (Å²) in [4.78, 5) is 0. The van der Waals surface area contributed by atoms with Crippen molar-refractivity contribution >= 4 is 12.2 Å². The third kappa shape index (κ3) is 1.17. The van der Waals surface area contributed by atoms with Crippen molar-refractivity contribution in [3.63, 3.8) is 0 Å². The van der Waals surface area contributed by atoms with Crippen molar-refractivity contribution in [3.8, 4) is 0 Å². The summed E-state index contributed by atoms with van der Waals surface area (Å²) >= 11 is 0. The van der Waals surface area contributed by atoms with Crippen molar-refractivity contribution in [3.05, 3.63) is 53.3 Å². The van der Waals surface area contributed by atoms with Crippen LogP contribution in [0.4, 0.5) is 0 Å². The molecule has 0 spiro atoms. The second-order valence-electron chi connectivity index (χ2n) is 2.47. The lowest BCUT2D eigenvalue weighted by Gasteiger charge is -1.96. The Morgan fingerprint density at radius 1 is 1.00 bits per heavy atom. The molecule has 52 valence electrons. The van der Waals surface area contributed by atoms with E-state index in [1.54, 1.807) is 0 Å². The summed E-state index contributed by atoms with van der Waals surface area (Å²) in [6, 6.07) is 8.27. The Bertz CT molecular complexity index is 350. The van der Waals surface area contributed by atoms with Gasteiger partial charge in [-0.3, -0.25) is 0 Å². The van der Waals surface area contributed by atoms with Gasteiger partial charge in [-0.15, -0.1) is 5.73 Å². The van der Waals surface area contributed by atoms with Crippen molar-refractivity contribution in [1.82, 2.24) is 0 Å². The minimum atomic E-state index is 1.23. The molecule has 0 bridgehead atoms. The zero-order valence-electron chi connectivity index (χ0n) is 6.12. The Morgan fingerprint density at radius 3 is 2.73 bits per heavy atom. The summed E-state index contributed by atoms with van der Waals surface area (Å²) in [5.74, 6) is 0. The van der Waals surface area contributed by atoms with E-state index in [2.05, 4.69) is 23.9 Å². The van der Waals surface area contributed by atoms with Crippen LogP contribution in [-0.2, 0) is 0 Å². The van der Waals surface area contributed by atoms with Crippen molar-refractivity contribution in [2.24, 2.45) is 0 Å². The minimum absolute atomic E-state index is 1.23. The van der Waals surface area contributed by atoms with Crippen LogP contribution in [0.5, 0.6) is 0 Å². The zero-order valence-corrected chi connectivity index (χ0v) is 6.12. The van der Waals surface area contributed by atoms with Gasteiger partial charge in [0.05, 0.1) is 0 Å². The van der Waals surface area contributed by atoms with E-state index < -0.39 is 0 Å². The highest BCUT2D eigenvalue weighted by Crippen LogP contribution is 2.13. The highest BCUT2D eigenvalue weighted by Gasteiger charge is 1.93. The molecule has 0 heteroatoms. The molecule has 0 saturated heterocycles. The van der Waals surface area contributed by atoms with Gasteiger partial charge >= 0.3 is 0 Å². The second-order valence-corrected chi connectivity index (χ2v) is 2.47. The molecule has 0 amide bonds. The van der Waals surface area contributed by atoms with E-state index in [0.717, 1.165) is 0 Å². The quantitative estimate of drug-likeness (QED) is 0.486. The number of fused-ring (bicyclic) bond motifs is 1. The molecule has 0 saturated carbocycles. The van der Waals surface area contributed by atoms with Crippen LogP contribution < -0.4 is 0 Å². The second kappa shape index (κ2) is 2.61. The lowest BCUT2D eigenvalue weighted by atomic mass is 10.1. The largest absolute Gasteiger partial charge is 0.120 e. The van der Waals surface area contributed by atoms with Gasteiger partial charge in [0, 0.05) is 0 Å². The first-order valence-corrected chi connectivity index (χ1v) is 3.65. The van der Waals surface area contributed by atoms with Crippen LogP contribution in [0, 0.1) is 0 Å². The molecule has 1 aliphatic carbocycles. The average molecular weight is 140 g/mol. The Labute approximate surface area is 66.2 Å². The maximum absolute atomic E-state index is 3.07. The standard InChI is InChI=1S/C11H8/c1-2-6-10-8-4-5-9-11(10)7-3-1/h1-2,4-9H. The molecular weight excluding hydrogens is 132 g/mol. The Balaban J connectivity index is 2.67. The Morgan fingerprint density at radius 2 is 1.82 bits per heavy atom. The Kier molecular flexibility index (Phi) is 1.47. The number of hydrogen-bond acceptors (Lipinski definition) is 0. The van der Waals surface area contributed by atoms with E-state index in [4.69, 9.17) is 0 Å². The smallest absolute Gasteiger partial charge is 0.0107 e. The summed E-state index contributed by atoms with van der Waals surface area (Å²) < 4.78 is 0. The first-order valence-electron chi connectivity index (χ1n) is 3.65. The van der Waals surface area contributed by atoms with Gasteiger partial charge in [-0.25, -0.2) is 0 Å². The molecule has 1 aromatic rings. The predicted molar refractivity (Wildman–Crippen MR) is 48.0 cm³/mol. The van der Waals surface area contributed by atoms with Gasteiger partial charge in [0.25, 0.3) is 0 Å². The molecule has 0 aromatic heterocycles. The molecule has 0 radical (unpaired) electrons. The van der Waals surface area contributed by atoms with Crippen LogP contribution in [-0.4, -0.2) is 0 Å². The fraction of sp³-hybridized carbons (Fsp3) is 0. The molecule has 0 aliphatic heterocycles. The van der Waals surface area contributed by atoms with Gasteiger partial charge in [0.1, 0.15) is 0 Å². The number of rotatable bonds is 0. The molecule has 1 aliphatic rings. The van der Waals surface area contributed by atoms with Crippen molar-refractivity contribution < 1.29 is 0 Å². The van der Waals surface area contributed by atoms with Gasteiger partial charge in [0.2, 0.25) is 0 Å². The fourth-order valence-electron chi connectivity index (χ4n) is 1.14. The molecule has 0 heterocycles. The fourth-order valence-corrected chi connectivity index (χ4v) is 1.14. The van der Waals surface area contributed by atoms with Gasteiger partial charge in [-0.05, 0) is 23.3 Å². The monoisotopic (exact) mass is 140 g/mol. The highest BCUT2D eigenvalue weighted by atomic mass is 14.0.